The zero-order valence-electron chi connectivity index (χ0n) is 8.07. The number of carboxylic acid groups (broad SMARTS) is 1. The number of aromatic carboxylic acids is 1. The van der Waals surface area contributed by atoms with E-state index in [-0.39, 0.29) is 30.0 Å². The molecule has 1 aromatic rings. The van der Waals surface area contributed by atoms with E-state index in [2.05, 4.69) is 0 Å². The second kappa shape index (κ2) is 5.19. The van der Waals surface area contributed by atoms with Crippen LogP contribution in [0.3, 0.4) is 0 Å². The predicted octanol–water partition coefficient (Wildman–Crippen LogP) is 1.71. The summed E-state index contributed by atoms with van der Waals surface area (Å²) in [6, 6.07) is 4.46. The molecule has 1 aromatic carbocycles. The zero-order valence-corrected chi connectivity index (χ0v) is 8.07. The third kappa shape index (κ3) is 2.83. The molecular formula is C10H12FNO3. The van der Waals surface area contributed by atoms with Gasteiger partial charge in [0, 0.05) is 6.42 Å². The van der Waals surface area contributed by atoms with Gasteiger partial charge in [0.15, 0.2) is 5.75 Å². The maximum atomic E-state index is 11.8. The molecule has 4 nitrogen and oxygen atoms in total. The van der Waals surface area contributed by atoms with Crippen molar-refractivity contribution in [1.82, 2.24) is 0 Å². The van der Waals surface area contributed by atoms with Gasteiger partial charge in [-0.3, -0.25) is 4.39 Å². The van der Waals surface area contributed by atoms with E-state index >= 15 is 0 Å². The van der Waals surface area contributed by atoms with Crippen LogP contribution in [0.1, 0.15) is 16.8 Å². The van der Waals surface area contributed by atoms with E-state index < -0.39 is 12.6 Å². The molecule has 0 unspecified atom stereocenters. The molecule has 0 saturated carbocycles. The number of hydrogen-bond donors (Lipinski definition) is 2. The smallest absolute Gasteiger partial charge is 0.339 e. The van der Waals surface area contributed by atoms with Gasteiger partial charge in [-0.05, 0) is 12.1 Å². The highest BCUT2D eigenvalue weighted by molar-refractivity contribution is 5.93. The van der Waals surface area contributed by atoms with Gasteiger partial charge in [-0.2, -0.15) is 0 Å². The van der Waals surface area contributed by atoms with E-state index in [1.54, 1.807) is 0 Å². The van der Waals surface area contributed by atoms with Gasteiger partial charge in [0.1, 0.15) is 5.56 Å². The van der Waals surface area contributed by atoms with Crippen LogP contribution in [-0.4, -0.2) is 24.4 Å². The summed E-state index contributed by atoms with van der Waals surface area (Å²) >= 11 is 0. The Labute approximate surface area is 86.5 Å². The van der Waals surface area contributed by atoms with Crippen molar-refractivity contribution in [1.29, 1.82) is 0 Å². The summed E-state index contributed by atoms with van der Waals surface area (Å²) < 4.78 is 17.0. The molecule has 82 valence electrons. The third-order valence-corrected chi connectivity index (χ3v) is 1.80. The van der Waals surface area contributed by atoms with Crippen molar-refractivity contribution >= 4 is 11.7 Å². The number of ether oxygens (including phenoxy) is 1. The number of para-hydroxylation sites is 1. The number of alkyl halides is 1. The topological polar surface area (TPSA) is 72.6 Å². The molecule has 5 heteroatoms. The van der Waals surface area contributed by atoms with Crippen molar-refractivity contribution in [2.45, 2.75) is 6.42 Å². The van der Waals surface area contributed by atoms with E-state index in [0.29, 0.717) is 0 Å². The van der Waals surface area contributed by atoms with E-state index in [0.717, 1.165) is 0 Å². The highest BCUT2D eigenvalue weighted by Gasteiger charge is 2.13. The lowest BCUT2D eigenvalue weighted by atomic mass is 10.2. The van der Waals surface area contributed by atoms with Crippen molar-refractivity contribution < 1.29 is 19.0 Å². The SMILES string of the molecule is Nc1cccc(C(=O)O)c1OCCCF. The summed E-state index contributed by atoms with van der Waals surface area (Å²) in [6.07, 6.45) is 0.216. The zero-order chi connectivity index (χ0) is 11.3. The van der Waals surface area contributed by atoms with E-state index in [1.807, 2.05) is 0 Å². The highest BCUT2D eigenvalue weighted by Crippen LogP contribution is 2.26. The normalized spacial score (nSPS) is 9.93. The van der Waals surface area contributed by atoms with E-state index in [1.165, 1.54) is 18.2 Å². The van der Waals surface area contributed by atoms with Crippen LogP contribution in [0.4, 0.5) is 10.1 Å². The fourth-order valence-corrected chi connectivity index (χ4v) is 1.11. The Morgan fingerprint density at radius 2 is 2.27 bits per heavy atom. The van der Waals surface area contributed by atoms with Gasteiger partial charge in [-0.1, -0.05) is 6.07 Å². The first kappa shape index (κ1) is 11.3. The summed E-state index contributed by atoms with van der Waals surface area (Å²) in [5, 5.41) is 8.84. The molecule has 15 heavy (non-hydrogen) atoms. The Hall–Kier alpha value is -1.78. The molecular weight excluding hydrogens is 201 g/mol. The number of rotatable bonds is 5. The van der Waals surface area contributed by atoms with Crippen LogP contribution in [0, 0.1) is 0 Å². The van der Waals surface area contributed by atoms with Crippen molar-refractivity contribution in [2.24, 2.45) is 0 Å². The molecule has 0 aliphatic heterocycles. The predicted molar refractivity (Wildman–Crippen MR) is 53.9 cm³/mol. The average Bonchev–Trinajstić information content (AvgIpc) is 2.20. The van der Waals surface area contributed by atoms with Gasteiger partial charge >= 0.3 is 5.97 Å². The molecule has 0 aliphatic carbocycles. The summed E-state index contributed by atoms with van der Waals surface area (Å²) in [4.78, 5) is 10.8. The van der Waals surface area contributed by atoms with Crippen LogP contribution in [-0.2, 0) is 0 Å². The van der Waals surface area contributed by atoms with Gasteiger partial charge in [0.05, 0.1) is 19.0 Å². The molecule has 0 saturated heterocycles. The minimum atomic E-state index is -1.11. The first-order valence-electron chi connectivity index (χ1n) is 4.47. The van der Waals surface area contributed by atoms with Gasteiger partial charge < -0.3 is 15.6 Å². The lowest BCUT2D eigenvalue weighted by molar-refractivity contribution is 0.0692. The summed E-state index contributed by atoms with van der Waals surface area (Å²) in [5.41, 5.74) is 5.80. The molecule has 1 rings (SSSR count). The highest BCUT2D eigenvalue weighted by atomic mass is 19.1. The van der Waals surface area contributed by atoms with Crippen LogP contribution < -0.4 is 10.5 Å². The first-order chi connectivity index (χ1) is 7.16. The second-order valence-corrected chi connectivity index (χ2v) is 2.92. The quantitative estimate of drug-likeness (QED) is 0.576. The number of benzene rings is 1. The Bertz CT molecular complexity index is 355. The fraction of sp³-hybridized carbons (Fsp3) is 0.300. The third-order valence-electron chi connectivity index (χ3n) is 1.80. The molecule has 0 amide bonds. The molecule has 0 fully saturated rings. The summed E-state index contributed by atoms with van der Waals surface area (Å²) in [5.74, 6) is -1.00. The number of carbonyl (C=O) groups is 1. The molecule has 0 radical (unpaired) electrons. The molecule has 3 N–H and O–H groups in total. The second-order valence-electron chi connectivity index (χ2n) is 2.92. The van der Waals surface area contributed by atoms with Crippen molar-refractivity contribution in [3.05, 3.63) is 23.8 Å². The maximum Gasteiger partial charge on any atom is 0.339 e. The van der Waals surface area contributed by atoms with Crippen LogP contribution in [0.15, 0.2) is 18.2 Å². The number of nitrogen functional groups attached to an aromatic ring is 1. The number of hydrogen-bond acceptors (Lipinski definition) is 3. The number of anilines is 1. The fourth-order valence-electron chi connectivity index (χ4n) is 1.11. The van der Waals surface area contributed by atoms with Gasteiger partial charge in [0.2, 0.25) is 0 Å². The van der Waals surface area contributed by atoms with Crippen LogP contribution in [0.5, 0.6) is 5.75 Å². The lowest BCUT2D eigenvalue weighted by Crippen LogP contribution is -2.07. The van der Waals surface area contributed by atoms with E-state index in [4.69, 9.17) is 15.6 Å². The standard InChI is InChI=1S/C10H12FNO3/c11-5-2-6-15-9-7(10(13)14)3-1-4-8(9)12/h1,3-4H,2,5-6,12H2,(H,13,14). The van der Waals surface area contributed by atoms with Crippen LogP contribution in [0.2, 0.25) is 0 Å². The largest absolute Gasteiger partial charge is 0.490 e. The Balaban J connectivity index is 2.87. The minimum Gasteiger partial charge on any atom is -0.490 e. The van der Waals surface area contributed by atoms with Crippen LogP contribution >= 0.6 is 0 Å². The molecule has 0 heterocycles. The molecule has 0 atom stereocenters. The van der Waals surface area contributed by atoms with Gasteiger partial charge in [-0.15, -0.1) is 0 Å². The van der Waals surface area contributed by atoms with Crippen LogP contribution in [0.25, 0.3) is 0 Å². The van der Waals surface area contributed by atoms with Crippen molar-refractivity contribution in [3.8, 4) is 5.75 Å². The lowest BCUT2D eigenvalue weighted by Gasteiger charge is -2.10. The number of nitrogens with two attached hydrogens (primary N) is 1. The van der Waals surface area contributed by atoms with E-state index in [9.17, 15) is 9.18 Å². The van der Waals surface area contributed by atoms with Crippen molar-refractivity contribution in [2.75, 3.05) is 19.0 Å². The van der Waals surface area contributed by atoms with Gasteiger partial charge in [0.25, 0.3) is 0 Å². The monoisotopic (exact) mass is 213 g/mol. The molecule has 0 spiro atoms. The first-order valence-corrected chi connectivity index (χ1v) is 4.47. The average molecular weight is 213 g/mol. The molecule has 0 aliphatic rings. The molecule has 0 aromatic heterocycles. The van der Waals surface area contributed by atoms with Gasteiger partial charge in [-0.25, -0.2) is 4.79 Å². The summed E-state index contributed by atoms with van der Waals surface area (Å²) in [7, 11) is 0. The summed E-state index contributed by atoms with van der Waals surface area (Å²) in [6.45, 7) is -0.389. The van der Waals surface area contributed by atoms with Crippen molar-refractivity contribution in [3.63, 3.8) is 0 Å². The Morgan fingerprint density at radius 3 is 2.87 bits per heavy atom. The molecule has 0 bridgehead atoms. The Morgan fingerprint density at radius 1 is 1.53 bits per heavy atom. The number of carboxylic acids is 1. The Kier molecular flexibility index (Phi) is 3.91. The maximum absolute atomic E-state index is 11.8. The minimum absolute atomic E-state index is 0.00569. The number of halogens is 1.